The molecule has 0 heterocycles. The molecule has 6 nitrogen and oxygen atoms in total. The molecule has 2 aromatic carbocycles. The first kappa shape index (κ1) is 23.5. The van der Waals surface area contributed by atoms with Crippen molar-refractivity contribution in [3.8, 4) is 0 Å². The van der Waals surface area contributed by atoms with Crippen LogP contribution in [-0.2, 0) is 16.1 Å². The van der Waals surface area contributed by atoms with E-state index in [-0.39, 0.29) is 17.4 Å². The second-order valence-corrected chi connectivity index (χ2v) is 9.56. The second-order valence-electron chi connectivity index (χ2n) is 9.56. The highest BCUT2D eigenvalue weighted by Crippen LogP contribution is 2.37. The van der Waals surface area contributed by atoms with E-state index in [1.54, 1.807) is 24.3 Å². The summed E-state index contributed by atoms with van der Waals surface area (Å²) < 4.78 is 0. The van der Waals surface area contributed by atoms with E-state index in [1.165, 1.54) is 0 Å². The summed E-state index contributed by atoms with van der Waals surface area (Å²) >= 11 is 0. The maximum absolute atomic E-state index is 12.7. The zero-order chi connectivity index (χ0) is 23.1. The molecule has 3 amide bonds. The Morgan fingerprint density at radius 1 is 0.844 bits per heavy atom. The molecule has 1 fully saturated rings. The first-order chi connectivity index (χ1) is 15.2. The quantitative estimate of drug-likeness (QED) is 0.613. The summed E-state index contributed by atoms with van der Waals surface area (Å²) in [5, 5.41) is 8.30. The molecular weight excluding hydrogens is 402 g/mol. The summed E-state index contributed by atoms with van der Waals surface area (Å²) in [7, 11) is 0. The van der Waals surface area contributed by atoms with Crippen LogP contribution >= 0.6 is 0 Å². The number of anilines is 1. The van der Waals surface area contributed by atoms with Crippen LogP contribution in [0.4, 0.5) is 5.69 Å². The zero-order valence-corrected chi connectivity index (χ0v) is 19.1. The molecule has 0 unspecified atom stereocenters. The fourth-order valence-corrected chi connectivity index (χ4v) is 4.20. The first-order valence-electron chi connectivity index (χ1n) is 11.3. The van der Waals surface area contributed by atoms with E-state index in [2.05, 4.69) is 36.7 Å². The second kappa shape index (κ2) is 10.4. The summed E-state index contributed by atoms with van der Waals surface area (Å²) in [6.45, 7) is 7.12. The van der Waals surface area contributed by atoms with Crippen LogP contribution in [0, 0.1) is 11.3 Å². The molecule has 1 saturated carbocycles. The SMILES string of the molecule is CC(C)(C)C1CCC(NC(=O)C(=O)Nc2ccccc2C(=O)NCc2ccccc2)CC1. The van der Waals surface area contributed by atoms with Crippen molar-refractivity contribution in [2.45, 2.75) is 59.0 Å². The number of carbonyl (C=O) groups is 3. The molecule has 1 aliphatic rings. The van der Waals surface area contributed by atoms with Crippen molar-refractivity contribution in [3.63, 3.8) is 0 Å². The van der Waals surface area contributed by atoms with E-state index in [0.29, 0.717) is 23.7 Å². The van der Waals surface area contributed by atoms with Crippen molar-refractivity contribution in [3.05, 3.63) is 65.7 Å². The maximum atomic E-state index is 12.7. The molecule has 2 aromatic rings. The number of nitrogens with one attached hydrogen (secondary N) is 3. The van der Waals surface area contributed by atoms with Gasteiger partial charge in [-0.05, 0) is 54.7 Å². The molecule has 0 radical (unpaired) electrons. The van der Waals surface area contributed by atoms with Gasteiger partial charge in [0.1, 0.15) is 0 Å². The van der Waals surface area contributed by atoms with Crippen molar-refractivity contribution in [1.29, 1.82) is 0 Å². The Hall–Kier alpha value is -3.15. The number of rotatable bonds is 5. The summed E-state index contributed by atoms with van der Waals surface area (Å²) in [4.78, 5) is 37.6. The lowest BCUT2D eigenvalue weighted by molar-refractivity contribution is -0.136. The molecule has 0 spiro atoms. The van der Waals surface area contributed by atoms with Crippen molar-refractivity contribution >= 4 is 23.4 Å². The van der Waals surface area contributed by atoms with E-state index >= 15 is 0 Å². The fourth-order valence-electron chi connectivity index (χ4n) is 4.20. The average Bonchev–Trinajstić information content (AvgIpc) is 2.78. The van der Waals surface area contributed by atoms with Crippen molar-refractivity contribution in [1.82, 2.24) is 10.6 Å². The topological polar surface area (TPSA) is 87.3 Å². The Morgan fingerprint density at radius 2 is 1.47 bits per heavy atom. The Kier molecular flexibility index (Phi) is 7.67. The van der Waals surface area contributed by atoms with Crippen LogP contribution in [-0.4, -0.2) is 23.8 Å². The fraction of sp³-hybridized carbons (Fsp3) is 0.423. The van der Waals surface area contributed by atoms with Crippen LogP contribution in [0.15, 0.2) is 54.6 Å². The van der Waals surface area contributed by atoms with Crippen molar-refractivity contribution < 1.29 is 14.4 Å². The number of para-hydroxylation sites is 1. The lowest BCUT2D eigenvalue weighted by Gasteiger charge is -2.37. The summed E-state index contributed by atoms with van der Waals surface area (Å²) in [5.41, 5.74) is 1.87. The predicted octanol–water partition coefficient (Wildman–Crippen LogP) is 4.28. The minimum atomic E-state index is -0.758. The van der Waals surface area contributed by atoms with Gasteiger partial charge in [-0.25, -0.2) is 0 Å². The number of carbonyl (C=O) groups excluding carboxylic acids is 3. The first-order valence-corrected chi connectivity index (χ1v) is 11.3. The minimum Gasteiger partial charge on any atom is -0.348 e. The molecule has 3 rings (SSSR count). The smallest absolute Gasteiger partial charge is 0.313 e. The Labute approximate surface area is 190 Å². The largest absolute Gasteiger partial charge is 0.348 e. The van der Waals surface area contributed by atoms with Gasteiger partial charge in [-0.2, -0.15) is 0 Å². The predicted molar refractivity (Wildman–Crippen MR) is 126 cm³/mol. The molecule has 170 valence electrons. The maximum Gasteiger partial charge on any atom is 0.313 e. The molecule has 1 aliphatic carbocycles. The van der Waals surface area contributed by atoms with Gasteiger partial charge in [-0.15, -0.1) is 0 Å². The third-order valence-electron chi connectivity index (χ3n) is 6.21. The number of hydrogen-bond acceptors (Lipinski definition) is 3. The molecule has 6 heteroatoms. The van der Waals surface area contributed by atoms with Crippen molar-refractivity contribution in [2.24, 2.45) is 11.3 Å². The Bertz CT molecular complexity index is 942. The molecule has 3 N–H and O–H groups in total. The van der Waals surface area contributed by atoms with Crippen molar-refractivity contribution in [2.75, 3.05) is 5.32 Å². The lowest BCUT2D eigenvalue weighted by atomic mass is 9.71. The standard InChI is InChI=1S/C26H33N3O3/c1-26(2,3)19-13-15-20(16-14-19)28-24(31)25(32)29-22-12-8-7-11-21(22)23(30)27-17-18-9-5-4-6-10-18/h4-12,19-20H,13-17H2,1-3H3,(H,27,30)(H,28,31)(H,29,32). The Balaban J connectivity index is 1.55. The van der Waals surface area contributed by atoms with E-state index < -0.39 is 11.8 Å². The molecule has 0 aromatic heterocycles. The van der Waals surface area contributed by atoms with Gasteiger partial charge in [0.2, 0.25) is 0 Å². The van der Waals surface area contributed by atoms with Gasteiger partial charge >= 0.3 is 11.8 Å². The lowest BCUT2D eigenvalue weighted by Crippen LogP contribution is -2.44. The normalized spacial score (nSPS) is 18.5. The van der Waals surface area contributed by atoms with Crippen LogP contribution in [0.5, 0.6) is 0 Å². The van der Waals surface area contributed by atoms with Gasteiger partial charge in [-0.1, -0.05) is 63.2 Å². The molecule has 32 heavy (non-hydrogen) atoms. The third-order valence-corrected chi connectivity index (χ3v) is 6.21. The highest BCUT2D eigenvalue weighted by Gasteiger charge is 2.31. The van der Waals surface area contributed by atoms with Crippen LogP contribution in [0.1, 0.15) is 62.4 Å². The molecule has 0 atom stereocenters. The zero-order valence-electron chi connectivity index (χ0n) is 19.1. The van der Waals surface area contributed by atoms with Crippen LogP contribution < -0.4 is 16.0 Å². The van der Waals surface area contributed by atoms with Gasteiger partial charge in [0, 0.05) is 12.6 Å². The Morgan fingerprint density at radius 3 is 2.12 bits per heavy atom. The number of benzene rings is 2. The van der Waals surface area contributed by atoms with Gasteiger partial charge in [-0.3, -0.25) is 14.4 Å². The molecule has 0 saturated heterocycles. The minimum absolute atomic E-state index is 0.0104. The van der Waals surface area contributed by atoms with Gasteiger partial charge in [0.25, 0.3) is 5.91 Å². The summed E-state index contributed by atoms with van der Waals surface area (Å²) in [6, 6.07) is 16.3. The average molecular weight is 436 g/mol. The summed E-state index contributed by atoms with van der Waals surface area (Å²) in [5.74, 6) is -1.11. The van der Waals surface area contributed by atoms with E-state index in [9.17, 15) is 14.4 Å². The molecule has 0 aliphatic heterocycles. The highest BCUT2D eigenvalue weighted by atomic mass is 16.2. The molecule has 0 bridgehead atoms. The highest BCUT2D eigenvalue weighted by molar-refractivity contribution is 6.40. The van der Waals surface area contributed by atoms with Gasteiger partial charge in [0.15, 0.2) is 0 Å². The van der Waals surface area contributed by atoms with Crippen LogP contribution in [0.3, 0.4) is 0 Å². The van der Waals surface area contributed by atoms with Gasteiger partial charge < -0.3 is 16.0 Å². The van der Waals surface area contributed by atoms with Gasteiger partial charge in [0.05, 0.1) is 11.3 Å². The van der Waals surface area contributed by atoms with E-state index in [4.69, 9.17) is 0 Å². The number of amides is 3. The third kappa shape index (κ3) is 6.42. The van der Waals surface area contributed by atoms with Crippen LogP contribution in [0.25, 0.3) is 0 Å². The van der Waals surface area contributed by atoms with E-state index in [0.717, 1.165) is 31.2 Å². The summed E-state index contributed by atoms with van der Waals surface area (Å²) in [6.07, 6.45) is 3.83. The van der Waals surface area contributed by atoms with E-state index in [1.807, 2.05) is 30.3 Å². The number of hydrogen-bond donors (Lipinski definition) is 3. The molecular formula is C26H33N3O3. The monoisotopic (exact) mass is 435 g/mol. The van der Waals surface area contributed by atoms with Crippen LogP contribution in [0.2, 0.25) is 0 Å².